The summed E-state index contributed by atoms with van der Waals surface area (Å²) in [6, 6.07) is 0. The zero-order chi connectivity index (χ0) is 54.9. The van der Waals surface area contributed by atoms with Gasteiger partial charge in [-0.15, -0.1) is 0 Å². The molecular weight excluding hydrogens is 1070 g/mol. The molecule has 0 aromatic rings. The molecule has 20 nitrogen and oxygen atoms in total. The van der Waals surface area contributed by atoms with Crippen LogP contribution in [0.2, 0.25) is 0 Å². The standard InChI is InChI=1S/C49H90O20S5/c1-30-12-40(61-3)38(14-39(30)60-2)29-74(58,59)49-21-47(68-10)37(20-48(49)69-11)28-73(56,57)27-36-19-45(66-8)35(18-46(36)67-9)26-72(54,55)25-34-17-43(64-6)33(16-44(34)65-7)24-71(52,53)23-32-15-41(62-4)31(22-70(50)51)13-42(32)63-5/h30-49,70H,12-29H2,1-11H3/t30-,31-,32-,33-,34-,35-,36-,37-,38+,39?,40?,41?,42?,43?,44?,45?,46?,47?,48?,49+/m1/s1. The number of methoxy groups -OCH3 is 10. The molecule has 0 aliphatic heterocycles. The molecule has 5 aliphatic carbocycles. The van der Waals surface area contributed by atoms with Crippen molar-refractivity contribution in [3.8, 4) is 0 Å². The Morgan fingerprint density at radius 2 is 0.541 bits per heavy atom. The van der Waals surface area contributed by atoms with Crippen LogP contribution in [-0.4, -0.2) is 225 Å². The molecule has 25 heteroatoms. The maximum absolute atomic E-state index is 14.2. The van der Waals surface area contributed by atoms with Crippen molar-refractivity contribution >= 4 is 50.1 Å². The van der Waals surface area contributed by atoms with Gasteiger partial charge in [0.05, 0.1) is 112 Å². The Balaban J connectivity index is 1.19. The quantitative estimate of drug-likeness (QED) is 0.116. The largest absolute Gasteiger partial charge is 0.381 e. The van der Waals surface area contributed by atoms with Crippen LogP contribution in [0.5, 0.6) is 0 Å². The molecule has 0 spiro atoms. The summed E-state index contributed by atoms with van der Waals surface area (Å²) >= 11 is 0. The lowest BCUT2D eigenvalue weighted by atomic mass is 9.79. The van der Waals surface area contributed by atoms with Crippen LogP contribution < -0.4 is 0 Å². The Hall–Kier alpha value is -0.650. The van der Waals surface area contributed by atoms with Crippen LogP contribution in [0.4, 0.5) is 0 Å². The molecule has 0 aromatic heterocycles. The Kier molecular flexibility index (Phi) is 24.4. The van der Waals surface area contributed by atoms with Gasteiger partial charge in [0, 0.05) is 118 Å². The van der Waals surface area contributed by atoms with E-state index >= 15 is 0 Å². The number of hydrogen-bond acceptors (Lipinski definition) is 20. The summed E-state index contributed by atoms with van der Waals surface area (Å²) in [7, 11) is -2.68. The number of ether oxygens (including phenoxy) is 10. The first-order valence-corrected chi connectivity index (χ1v) is 34.6. The third-order valence-electron chi connectivity index (χ3n) is 17.7. The number of thiol groups is 1. The maximum Gasteiger partial charge on any atom is 0.156 e. The number of sulfone groups is 4. The molecule has 5 aliphatic rings. The Bertz CT molecular complexity index is 2270. The molecule has 0 heterocycles. The van der Waals surface area contributed by atoms with E-state index < -0.39 is 140 Å². The lowest BCUT2D eigenvalue weighted by Crippen LogP contribution is -2.52. The first-order valence-electron chi connectivity index (χ1n) is 26.1. The molecule has 0 bridgehead atoms. The van der Waals surface area contributed by atoms with E-state index in [9.17, 15) is 42.1 Å². The molecule has 0 aromatic carbocycles. The van der Waals surface area contributed by atoms with Crippen molar-refractivity contribution in [3.05, 3.63) is 0 Å². The minimum Gasteiger partial charge on any atom is -0.381 e. The SMILES string of the molecule is COC1C[C@H](CS(=O)(=O)C[C@H]2CC(OC)[C@@H](CS(=O)(=O)C[C@H]3CC(OC)[C@@H](CS(=O)(=O)C[C@H]4CC(OC)[C@@H](S(=O)(=O)C[C@@H]5CC(OC)[C@H](C)CC5OC)CC4OC)CC3OC)CC2OC)C(OC)C[C@@H]1C[SH](=O)=O. The Labute approximate surface area is 445 Å². The van der Waals surface area contributed by atoms with Crippen molar-refractivity contribution in [1.82, 2.24) is 0 Å². The number of hydrogen-bond donors (Lipinski definition) is 1. The highest BCUT2D eigenvalue weighted by Gasteiger charge is 2.50. The van der Waals surface area contributed by atoms with Crippen molar-refractivity contribution in [2.45, 2.75) is 137 Å². The van der Waals surface area contributed by atoms with E-state index in [2.05, 4.69) is 6.92 Å². The zero-order valence-corrected chi connectivity index (χ0v) is 49.7. The van der Waals surface area contributed by atoms with Crippen molar-refractivity contribution in [1.29, 1.82) is 0 Å². The van der Waals surface area contributed by atoms with Crippen LogP contribution in [0.25, 0.3) is 0 Å². The molecule has 0 N–H and O–H groups in total. The fraction of sp³-hybridized carbons (Fsp3) is 1.00. The van der Waals surface area contributed by atoms with E-state index in [1.54, 1.807) is 14.2 Å². The molecule has 436 valence electrons. The molecule has 74 heavy (non-hydrogen) atoms. The number of rotatable bonds is 27. The highest BCUT2D eigenvalue weighted by atomic mass is 32.2. The third-order valence-corrected chi connectivity index (χ3v) is 26.4. The highest BCUT2D eigenvalue weighted by Crippen LogP contribution is 2.42. The van der Waals surface area contributed by atoms with Gasteiger partial charge < -0.3 is 47.4 Å². The van der Waals surface area contributed by atoms with Crippen LogP contribution in [0, 0.1) is 53.3 Å². The Morgan fingerprint density at radius 3 is 0.838 bits per heavy atom. The summed E-state index contributed by atoms with van der Waals surface area (Å²) < 4.78 is 194. The van der Waals surface area contributed by atoms with E-state index in [-0.39, 0.29) is 115 Å². The van der Waals surface area contributed by atoms with Gasteiger partial charge in [-0.3, -0.25) is 0 Å². The zero-order valence-electron chi connectivity index (χ0n) is 45.5. The summed E-state index contributed by atoms with van der Waals surface area (Å²) in [5, 5.41) is -0.905. The minimum absolute atomic E-state index is 0.0718. The first-order chi connectivity index (χ1) is 34.8. The van der Waals surface area contributed by atoms with Gasteiger partial charge in [-0.2, -0.15) is 0 Å². The molecule has 0 radical (unpaired) electrons. The molecule has 10 unspecified atom stereocenters. The fourth-order valence-corrected chi connectivity index (χ4v) is 23.4. The molecule has 20 atom stereocenters. The lowest BCUT2D eigenvalue weighted by molar-refractivity contribution is -0.0582. The van der Waals surface area contributed by atoms with Gasteiger partial charge in [0.15, 0.2) is 39.3 Å². The average Bonchev–Trinajstić information content (AvgIpc) is 3.33. The average molecular weight is 1160 g/mol. The van der Waals surface area contributed by atoms with Crippen LogP contribution in [-0.2, 0) is 97.4 Å². The van der Waals surface area contributed by atoms with Crippen molar-refractivity contribution in [3.63, 3.8) is 0 Å². The van der Waals surface area contributed by atoms with E-state index in [1.165, 1.54) is 56.9 Å². The minimum atomic E-state index is -3.82. The summed E-state index contributed by atoms with van der Waals surface area (Å²) in [4.78, 5) is 0. The monoisotopic (exact) mass is 1160 g/mol. The molecule has 0 saturated heterocycles. The molecule has 0 amide bonds. The van der Waals surface area contributed by atoms with E-state index in [4.69, 9.17) is 47.4 Å². The second-order valence-electron chi connectivity index (χ2n) is 22.3. The van der Waals surface area contributed by atoms with E-state index in [0.29, 0.717) is 25.7 Å². The van der Waals surface area contributed by atoms with E-state index in [1.807, 2.05) is 0 Å². The topological polar surface area (TPSA) is 263 Å². The van der Waals surface area contributed by atoms with Gasteiger partial charge in [0.1, 0.15) is 10.7 Å². The smallest absolute Gasteiger partial charge is 0.156 e. The summed E-state index contributed by atoms with van der Waals surface area (Å²) in [6.45, 7) is 2.07. The third kappa shape index (κ3) is 16.9. The van der Waals surface area contributed by atoms with E-state index in [0.717, 1.165) is 0 Å². The predicted molar refractivity (Wildman–Crippen MR) is 280 cm³/mol. The van der Waals surface area contributed by atoms with Gasteiger partial charge in [-0.05, 0) is 70.1 Å². The Morgan fingerprint density at radius 1 is 0.311 bits per heavy atom. The first kappa shape index (κ1) is 64.2. The second kappa shape index (κ2) is 28.2. The normalized spacial score (nSPS) is 39.0. The van der Waals surface area contributed by atoms with Gasteiger partial charge in [-0.25, -0.2) is 42.1 Å². The van der Waals surface area contributed by atoms with Crippen molar-refractivity contribution in [2.75, 3.05) is 117 Å². The van der Waals surface area contributed by atoms with Crippen LogP contribution in [0.1, 0.15) is 71.1 Å². The molecule has 5 fully saturated rings. The summed E-state index contributed by atoms with van der Waals surface area (Å²) in [6.07, 6.45) is -1.92. The van der Waals surface area contributed by atoms with Crippen molar-refractivity contribution in [2.24, 2.45) is 53.3 Å². The highest BCUT2D eigenvalue weighted by molar-refractivity contribution is 7.92. The van der Waals surface area contributed by atoms with Gasteiger partial charge >= 0.3 is 0 Å². The van der Waals surface area contributed by atoms with Crippen LogP contribution in [0.3, 0.4) is 0 Å². The summed E-state index contributed by atoms with van der Waals surface area (Å²) in [5.74, 6) is -4.96. The van der Waals surface area contributed by atoms with Crippen molar-refractivity contribution < 1.29 is 89.5 Å². The fourth-order valence-electron chi connectivity index (χ4n) is 13.9. The molecular formula is C49H90O20S5. The van der Waals surface area contributed by atoms with Crippen LogP contribution >= 0.6 is 0 Å². The predicted octanol–water partition coefficient (Wildman–Crippen LogP) is 2.31. The lowest BCUT2D eigenvalue weighted by Gasteiger charge is -2.43. The van der Waals surface area contributed by atoms with Gasteiger partial charge in [0.25, 0.3) is 0 Å². The summed E-state index contributed by atoms with van der Waals surface area (Å²) in [5.41, 5.74) is 0. The van der Waals surface area contributed by atoms with Gasteiger partial charge in [0.2, 0.25) is 0 Å². The molecule has 5 rings (SSSR count). The van der Waals surface area contributed by atoms with Gasteiger partial charge in [-0.1, -0.05) is 6.92 Å². The molecule has 5 saturated carbocycles. The van der Waals surface area contributed by atoms with Crippen LogP contribution in [0.15, 0.2) is 0 Å². The second-order valence-corrected chi connectivity index (χ2v) is 32.0. The maximum atomic E-state index is 14.2.